The van der Waals surface area contributed by atoms with Crippen LogP contribution in [0.25, 0.3) is 11.1 Å². The topological polar surface area (TPSA) is 50.7 Å². The van der Waals surface area contributed by atoms with Crippen molar-refractivity contribution in [1.82, 2.24) is 5.32 Å². The number of nitrogens with zero attached hydrogens (tertiary/aromatic N) is 1. The quantitative estimate of drug-likeness (QED) is 0.754. The third-order valence-electron chi connectivity index (χ3n) is 5.71. The predicted octanol–water partition coefficient (Wildman–Crippen LogP) is 4.52. The third-order valence-corrected chi connectivity index (χ3v) is 5.71. The van der Waals surface area contributed by atoms with E-state index in [1.54, 1.807) is 0 Å². The highest BCUT2D eigenvalue weighted by atomic mass is 16.5. The Hall–Kier alpha value is -2.62. The van der Waals surface area contributed by atoms with Gasteiger partial charge in [-0.05, 0) is 46.7 Å². The van der Waals surface area contributed by atoms with Crippen molar-refractivity contribution in [2.45, 2.75) is 45.6 Å². The molecule has 146 valence electrons. The lowest BCUT2D eigenvalue weighted by molar-refractivity contribution is -0.121. The largest absolute Gasteiger partial charge is 0.475 e. The molecule has 0 aromatic heterocycles. The van der Waals surface area contributed by atoms with E-state index in [9.17, 15) is 4.79 Å². The smallest absolute Gasteiger partial charge is 0.232 e. The van der Waals surface area contributed by atoms with Gasteiger partial charge in [0.25, 0.3) is 0 Å². The molecule has 1 heterocycles. The number of aliphatic imine (C=N–C) groups is 1. The summed E-state index contributed by atoms with van der Waals surface area (Å²) in [6.45, 7) is 7.80. The van der Waals surface area contributed by atoms with Crippen LogP contribution in [-0.2, 0) is 9.53 Å². The fraction of sp³-hybridized carbons (Fsp3) is 0.417. The van der Waals surface area contributed by atoms with Crippen LogP contribution in [0.15, 0.2) is 47.5 Å². The molecular formula is C24H28N2O2. The number of hydrogen-bond donors (Lipinski definition) is 1. The molecule has 0 saturated carbocycles. The van der Waals surface area contributed by atoms with Crippen LogP contribution < -0.4 is 5.32 Å². The molecule has 0 radical (unpaired) electrons. The van der Waals surface area contributed by atoms with Crippen molar-refractivity contribution in [1.29, 1.82) is 0 Å². The molecule has 1 amide bonds. The Morgan fingerprint density at radius 3 is 2.71 bits per heavy atom. The molecular weight excluding hydrogens is 348 g/mol. The van der Waals surface area contributed by atoms with E-state index in [-0.39, 0.29) is 17.9 Å². The first-order valence-electron chi connectivity index (χ1n) is 10.3. The number of amides is 1. The lowest BCUT2D eigenvalue weighted by atomic mass is 9.94. The normalized spacial score (nSPS) is 19.8. The molecule has 1 N–H and O–H groups in total. The van der Waals surface area contributed by atoms with Gasteiger partial charge in [0.2, 0.25) is 11.8 Å². The molecule has 28 heavy (non-hydrogen) atoms. The fourth-order valence-electron chi connectivity index (χ4n) is 4.00. The van der Waals surface area contributed by atoms with Gasteiger partial charge >= 0.3 is 0 Å². The van der Waals surface area contributed by atoms with Crippen molar-refractivity contribution in [3.05, 3.63) is 59.2 Å². The summed E-state index contributed by atoms with van der Waals surface area (Å²) in [6.07, 6.45) is 2.06. The van der Waals surface area contributed by atoms with Crippen LogP contribution in [0.5, 0.6) is 0 Å². The molecule has 2 aromatic carbocycles. The zero-order valence-electron chi connectivity index (χ0n) is 16.9. The molecule has 0 fully saturated rings. The van der Waals surface area contributed by atoms with Gasteiger partial charge in [-0.25, -0.2) is 4.99 Å². The summed E-state index contributed by atoms with van der Waals surface area (Å²) in [4.78, 5) is 17.8. The van der Waals surface area contributed by atoms with Crippen molar-refractivity contribution in [3.8, 4) is 11.1 Å². The second kappa shape index (κ2) is 7.78. The van der Waals surface area contributed by atoms with Crippen molar-refractivity contribution in [2.75, 3.05) is 13.2 Å². The van der Waals surface area contributed by atoms with Gasteiger partial charge in [0.1, 0.15) is 6.61 Å². The van der Waals surface area contributed by atoms with E-state index in [0.717, 1.165) is 47.2 Å². The summed E-state index contributed by atoms with van der Waals surface area (Å²) in [5.41, 5.74) is 5.37. The van der Waals surface area contributed by atoms with Crippen LogP contribution in [0.3, 0.4) is 0 Å². The zero-order valence-corrected chi connectivity index (χ0v) is 16.9. The first-order chi connectivity index (χ1) is 13.6. The SMILES string of the molecule is CCCCNC(=O)C1c2ccccc2-c2ccc(C3=N[C@@H](C(C)C)CO3)cc21. The van der Waals surface area contributed by atoms with Crippen molar-refractivity contribution >= 4 is 11.8 Å². The van der Waals surface area contributed by atoms with Gasteiger partial charge in [-0.3, -0.25) is 4.79 Å². The molecule has 4 rings (SSSR count). The number of fused-ring (bicyclic) bond motifs is 3. The minimum absolute atomic E-state index is 0.0751. The highest BCUT2D eigenvalue weighted by Gasteiger charge is 2.34. The van der Waals surface area contributed by atoms with E-state index >= 15 is 0 Å². The van der Waals surface area contributed by atoms with Gasteiger partial charge < -0.3 is 10.1 Å². The van der Waals surface area contributed by atoms with Crippen LogP contribution >= 0.6 is 0 Å². The molecule has 0 spiro atoms. The highest BCUT2D eigenvalue weighted by molar-refractivity contribution is 6.00. The molecule has 4 nitrogen and oxygen atoms in total. The average molecular weight is 377 g/mol. The lowest BCUT2D eigenvalue weighted by Crippen LogP contribution is -2.30. The third kappa shape index (κ3) is 3.32. The van der Waals surface area contributed by atoms with Crippen LogP contribution in [-0.4, -0.2) is 31.0 Å². The van der Waals surface area contributed by atoms with Gasteiger partial charge in [0.05, 0.1) is 12.0 Å². The maximum absolute atomic E-state index is 13.0. The number of benzene rings is 2. The van der Waals surface area contributed by atoms with Gasteiger partial charge in [-0.2, -0.15) is 0 Å². The highest BCUT2D eigenvalue weighted by Crippen LogP contribution is 2.45. The fourth-order valence-corrected chi connectivity index (χ4v) is 4.00. The Labute approximate surface area is 167 Å². The van der Waals surface area contributed by atoms with E-state index in [2.05, 4.69) is 56.4 Å². The molecule has 1 aliphatic heterocycles. The second-order valence-corrected chi connectivity index (χ2v) is 8.02. The Morgan fingerprint density at radius 2 is 1.96 bits per heavy atom. The standard InChI is InChI=1S/C24H28N2O2/c1-4-5-12-25-23(27)22-19-9-7-6-8-17(19)18-11-10-16(13-20(18)22)24-26-21(14-28-24)15(2)3/h6-11,13,15,21-22H,4-5,12,14H2,1-3H3,(H,25,27)/t21-,22?/m1/s1. The minimum Gasteiger partial charge on any atom is -0.475 e. The maximum Gasteiger partial charge on any atom is 0.232 e. The molecule has 2 aliphatic rings. The molecule has 1 unspecified atom stereocenters. The molecule has 2 aromatic rings. The monoisotopic (exact) mass is 376 g/mol. The van der Waals surface area contributed by atoms with Crippen LogP contribution in [0.1, 0.15) is 56.2 Å². The number of ether oxygens (including phenoxy) is 1. The second-order valence-electron chi connectivity index (χ2n) is 8.02. The number of hydrogen-bond acceptors (Lipinski definition) is 3. The number of carbonyl (C=O) groups excluding carboxylic acids is 1. The predicted molar refractivity (Wildman–Crippen MR) is 113 cm³/mol. The van der Waals surface area contributed by atoms with Gasteiger partial charge in [0, 0.05) is 12.1 Å². The molecule has 1 aliphatic carbocycles. The van der Waals surface area contributed by atoms with Crippen molar-refractivity contribution in [3.63, 3.8) is 0 Å². The average Bonchev–Trinajstić information content (AvgIpc) is 3.31. The van der Waals surface area contributed by atoms with Crippen molar-refractivity contribution in [2.24, 2.45) is 10.9 Å². The lowest BCUT2D eigenvalue weighted by Gasteiger charge is -2.14. The summed E-state index contributed by atoms with van der Waals surface area (Å²) in [5.74, 6) is 0.952. The number of nitrogens with one attached hydrogen (secondary N) is 1. The van der Waals surface area contributed by atoms with Gasteiger partial charge in [-0.15, -0.1) is 0 Å². The van der Waals surface area contributed by atoms with Crippen LogP contribution in [0, 0.1) is 5.92 Å². The van der Waals surface area contributed by atoms with E-state index < -0.39 is 0 Å². The summed E-state index contributed by atoms with van der Waals surface area (Å²) in [6, 6.07) is 14.7. The van der Waals surface area contributed by atoms with E-state index in [1.165, 1.54) is 0 Å². The number of unbranched alkanes of at least 4 members (excludes halogenated alkanes) is 1. The number of rotatable bonds is 6. The first kappa shape index (κ1) is 18.7. The van der Waals surface area contributed by atoms with Gasteiger partial charge in [0.15, 0.2) is 0 Å². The van der Waals surface area contributed by atoms with E-state index in [0.29, 0.717) is 18.4 Å². The molecule has 4 heteroatoms. The first-order valence-corrected chi connectivity index (χ1v) is 10.3. The summed E-state index contributed by atoms with van der Waals surface area (Å²) >= 11 is 0. The van der Waals surface area contributed by atoms with Crippen molar-refractivity contribution < 1.29 is 9.53 Å². The van der Waals surface area contributed by atoms with E-state index in [4.69, 9.17) is 9.73 Å². The molecule has 2 atom stereocenters. The number of carbonyl (C=O) groups is 1. The Balaban J connectivity index is 1.70. The van der Waals surface area contributed by atoms with Gasteiger partial charge in [-0.1, -0.05) is 57.5 Å². The Morgan fingerprint density at radius 1 is 1.18 bits per heavy atom. The molecule has 0 saturated heterocycles. The van der Waals surface area contributed by atoms with Crippen LogP contribution in [0.2, 0.25) is 0 Å². The maximum atomic E-state index is 13.0. The Bertz CT molecular complexity index is 917. The molecule has 0 bridgehead atoms. The Kier molecular flexibility index (Phi) is 5.21. The van der Waals surface area contributed by atoms with E-state index in [1.807, 2.05) is 12.1 Å². The zero-order chi connectivity index (χ0) is 19.7. The summed E-state index contributed by atoms with van der Waals surface area (Å²) in [7, 11) is 0. The summed E-state index contributed by atoms with van der Waals surface area (Å²) < 4.78 is 5.87. The minimum atomic E-state index is -0.272. The summed E-state index contributed by atoms with van der Waals surface area (Å²) in [5, 5.41) is 3.12. The van der Waals surface area contributed by atoms with Crippen LogP contribution in [0.4, 0.5) is 0 Å².